The molecule has 2 rings (SSSR count). The predicted molar refractivity (Wildman–Crippen MR) is 40.8 cm³/mol. The van der Waals surface area contributed by atoms with Crippen LogP contribution >= 0.6 is 0 Å². The summed E-state index contributed by atoms with van der Waals surface area (Å²) in [6.45, 7) is 0. The highest BCUT2D eigenvalue weighted by atomic mass is 16.4. The molecule has 0 aliphatic heterocycles. The minimum Gasteiger partial charge on any atom is -0.466 e. The standard InChI is InChI=1S/C9H7O3/c10-9(7-3-1-5-11-7)8-4-2-6-12-8/h1-6,10H. The SMILES string of the molecule is O[C](c1ccco1)c1ccco1. The van der Waals surface area contributed by atoms with E-state index in [-0.39, 0.29) is 6.10 Å². The Labute approximate surface area is 69.2 Å². The highest BCUT2D eigenvalue weighted by Crippen LogP contribution is 2.20. The molecule has 0 atom stereocenters. The third-order valence-corrected chi connectivity index (χ3v) is 1.51. The molecule has 0 spiro atoms. The molecule has 0 aliphatic carbocycles. The fourth-order valence-electron chi connectivity index (χ4n) is 0.948. The first-order valence-electron chi connectivity index (χ1n) is 3.51. The van der Waals surface area contributed by atoms with Crippen LogP contribution in [0.4, 0.5) is 0 Å². The second-order valence-electron chi connectivity index (χ2n) is 2.30. The average Bonchev–Trinajstić information content (AvgIpc) is 2.77. The van der Waals surface area contributed by atoms with Crippen LogP contribution in [0.3, 0.4) is 0 Å². The van der Waals surface area contributed by atoms with Crippen molar-refractivity contribution < 1.29 is 13.9 Å². The van der Waals surface area contributed by atoms with Gasteiger partial charge in [-0.2, -0.15) is 0 Å². The third-order valence-electron chi connectivity index (χ3n) is 1.51. The van der Waals surface area contributed by atoms with Crippen molar-refractivity contribution >= 4 is 0 Å². The van der Waals surface area contributed by atoms with Crippen molar-refractivity contribution in [1.82, 2.24) is 0 Å². The molecule has 1 radical (unpaired) electrons. The molecule has 12 heavy (non-hydrogen) atoms. The molecule has 0 amide bonds. The Morgan fingerprint density at radius 1 is 1.00 bits per heavy atom. The first kappa shape index (κ1) is 7.18. The predicted octanol–water partition coefficient (Wildman–Crippen LogP) is 2.17. The van der Waals surface area contributed by atoms with Gasteiger partial charge in [0, 0.05) is 0 Å². The van der Waals surface area contributed by atoms with Crippen LogP contribution < -0.4 is 0 Å². The Balaban J connectivity index is 2.27. The Morgan fingerprint density at radius 3 is 1.83 bits per heavy atom. The van der Waals surface area contributed by atoms with Gasteiger partial charge in [-0.1, -0.05) is 0 Å². The van der Waals surface area contributed by atoms with E-state index in [1.807, 2.05) is 0 Å². The number of aliphatic hydroxyl groups excluding tert-OH is 1. The van der Waals surface area contributed by atoms with Crippen LogP contribution in [0.15, 0.2) is 45.6 Å². The van der Waals surface area contributed by atoms with E-state index >= 15 is 0 Å². The second kappa shape index (κ2) is 2.87. The minimum atomic E-state index is 0.0185. The van der Waals surface area contributed by atoms with Gasteiger partial charge in [0.25, 0.3) is 0 Å². The third kappa shape index (κ3) is 1.14. The largest absolute Gasteiger partial charge is 0.466 e. The van der Waals surface area contributed by atoms with E-state index in [9.17, 15) is 5.11 Å². The summed E-state index contributed by atoms with van der Waals surface area (Å²) in [5, 5.41) is 9.50. The zero-order valence-electron chi connectivity index (χ0n) is 6.23. The zero-order chi connectivity index (χ0) is 8.39. The van der Waals surface area contributed by atoms with Gasteiger partial charge in [0.15, 0.2) is 0 Å². The van der Waals surface area contributed by atoms with Crippen molar-refractivity contribution in [2.75, 3.05) is 0 Å². The van der Waals surface area contributed by atoms with Crippen molar-refractivity contribution in [3.63, 3.8) is 0 Å². The zero-order valence-corrected chi connectivity index (χ0v) is 6.23. The van der Waals surface area contributed by atoms with Crippen molar-refractivity contribution in [2.24, 2.45) is 0 Å². The quantitative estimate of drug-likeness (QED) is 0.737. The van der Waals surface area contributed by atoms with E-state index in [1.54, 1.807) is 24.3 Å². The summed E-state index contributed by atoms with van der Waals surface area (Å²) in [7, 11) is 0. The fraction of sp³-hybridized carbons (Fsp3) is 0. The Kier molecular flexibility index (Phi) is 1.72. The van der Waals surface area contributed by atoms with E-state index in [0.29, 0.717) is 11.5 Å². The normalized spacial score (nSPS) is 10.8. The maximum absolute atomic E-state index is 9.50. The average molecular weight is 163 g/mol. The summed E-state index contributed by atoms with van der Waals surface area (Å²) >= 11 is 0. The summed E-state index contributed by atoms with van der Waals surface area (Å²) in [5.74, 6) is 0.815. The number of hydrogen-bond acceptors (Lipinski definition) is 3. The molecule has 61 valence electrons. The van der Waals surface area contributed by atoms with Gasteiger partial charge >= 0.3 is 0 Å². The van der Waals surface area contributed by atoms with E-state index in [1.165, 1.54) is 12.5 Å². The smallest absolute Gasteiger partial charge is 0.223 e. The van der Waals surface area contributed by atoms with Crippen LogP contribution in [0.25, 0.3) is 0 Å². The minimum absolute atomic E-state index is 0.0185. The number of furan rings is 2. The lowest BCUT2D eigenvalue weighted by Crippen LogP contribution is -1.96. The highest BCUT2D eigenvalue weighted by molar-refractivity contribution is 5.28. The van der Waals surface area contributed by atoms with E-state index in [0.717, 1.165) is 0 Å². The topological polar surface area (TPSA) is 46.5 Å². The van der Waals surface area contributed by atoms with Crippen LogP contribution in [0.5, 0.6) is 0 Å². The van der Waals surface area contributed by atoms with Crippen molar-refractivity contribution in [3.05, 3.63) is 54.4 Å². The van der Waals surface area contributed by atoms with Gasteiger partial charge in [0.1, 0.15) is 11.5 Å². The van der Waals surface area contributed by atoms with Gasteiger partial charge in [0.05, 0.1) is 12.5 Å². The molecule has 0 fully saturated rings. The molecule has 2 heterocycles. The molecule has 0 unspecified atom stereocenters. The highest BCUT2D eigenvalue weighted by Gasteiger charge is 2.16. The Hall–Kier alpha value is -1.48. The lowest BCUT2D eigenvalue weighted by atomic mass is 10.2. The van der Waals surface area contributed by atoms with Crippen molar-refractivity contribution in [2.45, 2.75) is 0 Å². The number of aliphatic hydroxyl groups is 1. The molecule has 0 saturated carbocycles. The van der Waals surface area contributed by atoms with Gasteiger partial charge in [-0.25, -0.2) is 0 Å². The van der Waals surface area contributed by atoms with E-state index in [2.05, 4.69) is 0 Å². The fourth-order valence-corrected chi connectivity index (χ4v) is 0.948. The Morgan fingerprint density at radius 2 is 1.50 bits per heavy atom. The molecular weight excluding hydrogens is 156 g/mol. The van der Waals surface area contributed by atoms with Gasteiger partial charge < -0.3 is 13.9 Å². The molecular formula is C9H7O3. The molecule has 0 bridgehead atoms. The molecule has 0 aromatic carbocycles. The second-order valence-corrected chi connectivity index (χ2v) is 2.30. The summed E-state index contributed by atoms with van der Waals surface area (Å²) in [4.78, 5) is 0. The van der Waals surface area contributed by atoms with Crippen LogP contribution in [-0.2, 0) is 0 Å². The van der Waals surface area contributed by atoms with Gasteiger partial charge in [-0.05, 0) is 24.3 Å². The molecule has 3 nitrogen and oxygen atoms in total. The molecule has 1 N–H and O–H groups in total. The summed E-state index contributed by atoms with van der Waals surface area (Å²) in [6.07, 6.45) is 3.01. The van der Waals surface area contributed by atoms with E-state index in [4.69, 9.17) is 8.83 Å². The number of rotatable bonds is 2. The summed E-state index contributed by atoms with van der Waals surface area (Å²) in [6, 6.07) is 6.73. The molecule has 2 aromatic rings. The van der Waals surface area contributed by atoms with Crippen LogP contribution in [0.2, 0.25) is 0 Å². The molecule has 0 aliphatic rings. The van der Waals surface area contributed by atoms with Crippen LogP contribution in [-0.4, -0.2) is 5.11 Å². The summed E-state index contributed by atoms with van der Waals surface area (Å²) < 4.78 is 9.94. The molecule has 0 saturated heterocycles. The lowest BCUT2D eigenvalue weighted by molar-refractivity contribution is 0.289. The van der Waals surface area contributed by atoms with Crippen molar-refractivity contribution in [1.29, 1.82) is 0 Å². The first-order valence-corrected chi connectivity index (χ1v) is 3.51. The monoisotopic (exact) mass is 163 g/mol. The maximum atomic E-state index is 9.50. The van der Waals surface area contributed by atoms with Crippen LogP contribution in [0, 0.1) is 6.10 Å². The molecule has 2 aromatic heterocycles. The number of hydrogen-bond donors (Lipinski definition) is 1. The van der Waals surface area contributed by atoms with Crippen molar-refractivity contribution in [3.8, 4) is 0 Å². The van der Waals surface area contributed by atoms with Crippen LogP contribution in [0.1, 0.15) is 11.5 Å². The van der Waals surface area contributed by atoms with Gasteiger partial charge in [-0.15, -0.1) is 0 Å². The van der Waals surface area contributed by atoms with Gasteiger partial charge in [0.2, 0.25) is 6.10 Å². The lowest BCUT2D eigenvalue weighted by Gasteiger charge is -2.00. The van der Waals surface area contributed by atoms with Gasteiger partial charge in [-0.3, -0.25) is 0 Å². The Bertz CT molecular complexity index is 286. The first-order chi connectivity index (χ1) is 5.88. The molecule has 3 heteroatoms. The maximum Gasteiger partial charge on any atom is 0.223 e. The summed E-state index contributed by atoms with van der Waals surface area (Å²) in [5.41, 5.74) is 0. The van der Waals surface area contributed by atoms with E-state index < -0.39 is 0 Å².